The van der Waals surface area contributed by atoms with Gasteiger partial charge in [0.15, 0.2) is 0 Å². The SMILES string of the molecule is CC(C)NC(=O)Cn1c(-c2ccc(Cl)c(F)c2)nc2ccc(N3CCCN(C(C)C)CC3)cc2c1=O. The number of nitrogens with one attached hydrogen (secondary N) is 1. The van der Waals surface area contributed by atoms with E-state index in [-0.39, 0.29) is 34.9 Å². The predicted molar refractivity (Wildman–Crippen MR) is 143 cm³/mol. The highest BCUT2D eigenvalue weighted by Gasteiger charge is 2.20. The predicted octanol–water partition coefficient (Wildman–Crippen LogP) is 4.30. The Kier molecular flexibility index (Phi) is 7.95. The number of benzene rings is 2. The van der Waals surface area contributed by atoms with E-state index in [1.165, 1.54) is 16.7 Å². The molecule has 4 rings (SSSR count). The van der Waals surface area contributed by atoms with Crippen molar-refractivity contribution >= 4 is 34.1 Å². The second-order valence-corrected chi connectivity index (χ2v) is 10.3. The normalized spacial score (nSPS) is 15.1. The highest BCUT2D eigenvalue weighted by molar-refractivity contribution is 6.30. The Bertz CT molecular complexity index is 1320. The van der Waals surface area contributed by atoms with Crippen LogP contribution < -0.4 is 15.8 Å². The van der Waals surface area contributed by atoms with Gasteiger partial charge in [-0.3, -0.25) is 19.1 Å². The molecule has 36 heavy (non-hydrogen) atoms. The van der Waals surface area contributed by atoms with Crippen molar-refractivity contribution in [2.45, 2.75) is 52.7 Å². The van der Waals surface area contributed by atoms with Crippen LogP contribution in [0, 0.1) is 5.82 Å². The number of nitrogens with zero attached hydrogens (tertiary/aromatic N) is 4. The minimum Gasteiger partial charge on any atom is -0.370 e. The van der Waals surface area contributed by atoms with Crippen molar-refractivity contribution in [2.75, 3.05) is 31.1 Å². The lowest BCUT2D eigenvalue weighted by atomic mass is 10.1. The molecule has 0 bridgehead atoms. The van der Waals surface area contributed by atoms with Crippen molar-refractivity contribution in [1.82, 2.24) is 19.8 Å². The van der Waals surface area contributed by atoms with Crippen molar-refractivity contribution in [2.24, 2.45) is 0 Å². The number of carbonyl (C=O) groups is 1. The van der Waals surface area contributed by atoms with Gasteiger partial charge in [0.1, 0.15) is 18.2 Å². The van der Waals surface area contributed by atoms with E-state index in [4.69, 9.17) is 16.6 Å². The number of fused-ring (bicyclic) bond motifs is 1. The third-order valence-electron chi connectivity index (χ3n) is 6.49. The summed E-state index contributed by atoms with van der Waals surface area (Å²) in [4.78, 5) is 35.8. The molecule has 1 saturated heterocycles. The van der Waals surface area contributed by atoms with Crippen LogP contribution in [0.3, 0.4) is 0 Å². The summed E-state index contributed by atoms with van der Waals surface area (Å²) in [5.41, 5.74) is 1.48. The highest BCUT2D eigenvalue weighted by Crippen LogP contribution is 2.26. The minimum absolute atomic E-state index is 0.0240. The average molecular weight is 514 g/mol. The van der Waals surface area contributed by atoms with E-state index < -0.39 is 5.82 Å². The standard InChI is InChI=1S/C27H33ClFN5O2/c1-17(2)30-25(35)16-34-26(19-6-8-22(28)23(29)14-19)31-24-9-7-20(15-21(24)27(34)36)33-11-5-10-32(12-13-33)18(3)4/h6-9,14-15,17-18H,5,10-13,16H2,1-4H3,(H,30,35). The quantitative estimate of drug-likeness (QED) is 0.532. The number of hydrogen-bond acceptors (Lipinski definition) is 5. The van der Waals surface area contributed by atoms with Gasteiger partial charge in [-0.25, -0.2) is 9.37 Å². The van der Waals surface area contributed by atoms with E-state index in [0.29, 0.717) is 22.5 Å². The van der Waals surface area contributed by atoms with Gasteiger partial charge in [-0.1, -0.05) is 11.6 Å². The minimum atomic E-state index is -0.617. The van der Waals surface area contributed by atoms with Crippen LogP contribution >= 0.6 is 11.6 Å². The lowest BCUT2D eigenvalue weighted by Crippen LogP contribution is -2.37. The first-order valence-electron chi connectivity index (χ1n) is 12.4. The molecular formula is C27H33ClFN5O2. The maximum absolute atomic E-state index is 14.3. The van der Waals surface area contributed by atoms with Crippen LogP contribution in [-0.4, -0.2) is 58.6 Å². The van der Waals surface area contributed by atoms with Crippen LogP contribution in [0.15, 0.2) is 41.2 Å². The molecule has 0 saturated carbocycles. The summed E-state index contributed by atoms with van der Waals surface area (Å²) in [6, 6.07) is 10.3. The molecule has 0 unspecified atom stereocenters. The Morgan fingerprint density at radius 2 is 1.86 bits per heavy atom. The lowest BCUT2D eigenvalue weighted by Gasteiger charge is -2.26. The molecule has 3 aromatic rings. The molecule has 9 heteroatoms. The number of halogens is 2. The summed E-state index contributed by atoms with van der Waals surface area (Å²) in [7, 11) is 0. The Labute approximate surface area is 215 Å². The summed E-state index contributed by atoms with van der Waals surface area (Å²) >= 11 is 5.87. The number of aromatic nitrogens is 2. The molecule has 1 aromatic heterocycles. The van der Waals surface area contributed by atoms with Crippen molar-refractivity contribution in [1.29, 1.82) is 0 Å². The van der Waals surface area contributed by atoms with Gasteiger partial charge in [-0.2, -0.15) is 0 Å². The van der Waals surface area contributed by atoms with E-state index in [0.717, 1.165) is 38.3 Å². The topological polar surface area (TPSA) is 70.5 Å². The van der Waals surface area contributed by atoms with Crippen LogP contribution in [0.5, 0.6) is 0 Å². The smallest absolute Gasteiger partial charge is 0.262 e. The van der Waals surface area contributed by atoms with Gasteiger partial charge >= 0.3 is 0 Å². The first-order chi connectivity index (χ1) is 17.1. The maximum Gasteiger partial charge on any atom is 0.262 e. The Morgan fingerprint density at radius 3 is 2.56 bits per heavy atom. The van der Waals surface area contributed by atoms with Crippen LogP contribution in [0.25, 0.3) is 22.3 Å². The fourth-order valence-electron chi connectivity index (χ4n) is 4.63. The molecule has 2 heterocycles. The number of hydrogen-bond donors (Lipinski definition) is 1. The zero-order valence-corrected chi connectivity index (χ0v) is 22.0. The van der Waals surface area contributed by atoms with E-state index in [1.54, 1.807) is 6.07 Å². The van der Waals surface area contributed by atoms with Gasteiger partial charge in [0.25, 0.3) is 5.56 Å². The molecule has 1 fully saturated rings. The van der Waals surface area contributed by atoms with E-state index in [2.05, 4.69) is 29.0 Å². The van der Waals surface area contributed by atoms with Gasteiger partial charge in [0.05, 0.1) is 15.9 Å². The fourth-order valence-corrected chi connectivity index (χ4v) is 4.75. The largest absolute Gasteiger partial charge is 0.370 e. The molecule has 1 N–H and O–H groups in total. The molecule has 192 valence electrons. The summed E-state index contributed by atoms with van der Waals surface area (Å²) in [6.45, 7) is 11.6. The van der Waals surface area contributed by atoms with E-state index >= 15 is 0 Å². The first kappa shape index (κ1) is 26.1. The highest BCUT2D eigenvalue weighted by atomic mass is 35.5. The number of amides is 1. The van der Waals surface area contributed by atoms with E-state index in [9.17, 15) is 14.0 Å². The lowest BCUT2D eigenvalue weighted by molar-refractivity contribution is -0.122. The molecule has 1 aliphatic heterocycles. The van der Waals surface area contributed by atoms with Crippen molar-refractivity contribution < 1.29 is 9.18 Å². The molecule has 1 aliphatic rings. The zero-order valence-electron chi connectivity index (χ0n) is 21.2. The van der Waals surface area contributed by atoms with Crippen LogP contribution in [-0.2, 0) is 11.3 Å². The Morgan fingerprint density at radius 1 is 1.08 bits per heavy atom. The van der Waals surface area contributed by atoms with Crippen LogP contribution in [0.4, 0.5) is 10.1 Å². The Hall–Kier alpha value is -2.97. The molecule has 7 nitrogen and oxygen atoms in total. The molecule has 0 atom stereocenters. The van der Waals surface area contributed by atoms with Gasteiger partial charge in [-0.05, 0) is 70.5 Å². The van der Waals surface area contributed by atoms with Crippen LogP contribution in [0.1, 0.15) is 34.1 Å². The third-order valence-corrected chi connectivity index (χ3v) is 6.80. The van der Waals surface area contributed by atoms with Gasteiger partial charge < -0.3 is 10.2 Å². The van der Waals surface area contributed by atoms with Crippen molar-refractivity contribution in [3.63, 3.8) is 0 Å². The second kappa shape index (κ2) is 11.0. The molecule has 2 aromatic carbocycles. The van der Waals surface area contributed by atoms with Crippen molar-refractivity contribution in [3.05, 3.63) is 57.6 Å². The van der Waals surface area contributed by atoms with Crippen molar-refractivity contribution in [3.8, 4) is 11.4 Å². The number of rotatable bonds is 6. The molecule has 0 radical (unpaired) electrons. The monoisotopic (exact) mass is 513 g/mol. The first-order valence-corrected chi connectivity index (χ1v) is 12.8. The summed E-state index contributed by atoms with van der Waals surface area (Å²) < 4.78 is 15.6. The summed E-state index contributed by atoms with van der Waals surface area (Å²) in [5, 5.41) is 3.21. The van der Waals surface area contributed by atoms with Gasteiger partial charge in [0, 0.05) is 49.5 Å². The van der Waals surface area contributed by atoms with Gasteiger partial charge in [-0.15, -0.1) is 0 Å². The third kappa shape index (κ3) is 5.71. The maximum atomic E-state index is 14.3. The van der Waals surface area contributed by atoms with Gasteiger partial charge in [0.2, 0.25) is 5.91 Å². The van der Waals surface area contributed by atoms with Crippen LogP contribution in [0.2, 0.25) is 5.02 Å². The number of carbonyl (C=O) groups excluding carboxylic acids is 1. The summed E-state index contributed by atoms with van der Waals surface area (Å²) in [5.74, 6) is -0.716. The summed E-state index contributed by atoms with van der Waals surface area (Å²) in [6.07, 6.45) is 1.04. The van der Waals surface area contributed by atoms with E-state index in [1.807, 2.05) is 32.0 Å². The molecule has 1 amide bonds. The average Bonchev–Trinajstić information content (AvgIpc) is 3.08. The zero-order chi connectivity index (χ0) is 26.0. The molecular weight excluding hydrogens is 481 g/mol. The Balaban J connectivity index is 1.79. The second-order valence-electron chi connectivity index (χ2n) is 9.85. The number of anilines is 1. The molecule has 0 aliphatic carbocycles. The molecule has 0 spiro atoms. The fraction of sp³-hybridized carbons (Fsp3) is 0.444.